The SMILES string of the molecule is O=C(CC1CCS(=O)(=O)C1)OCc1cc(F)cc2cccnc12. The first-order valence-electron chi connectivity index (χ1n) is 7.32. The Bertz CT molecular complexity index is 850. The van der Waals surface area contributed by atoms with Gasteiger partial charge in [-0.25, -0.2) is 12.8 Å². The summed E-state index contributed by atoms with van der Waals surface area (Å²) in [5, 5.41) is 0.639. The van der Waals surface area contributed by atoms with Gasteiger partial charge in [-0.05, 0) is 30.5 Å². The molecule has 7 heteroatoms. The van der Waals surface area contributed by atoms with Crippen LogP contribution >= 0.6 is 0 Å². The Morgan fingerprint density at radius 3 is 2.96 bits per heavy atom. The summed E-state index contributed by atoms with van der Waals surface area (Å²) in [4.78, 5) is 16.1. The predicted octanol–water partition coefficient (Wildman–Crippen LogP) is 2.24. The van der Waals surface area contributed by atoms with Crippen LogP contribution < -0.4 is 0 Å². The van der Waals surface area contributed by atoms with Crippen molar-refractivity contribution in [2.24, 2.45) is 5.92 Å². The molecule has 1 unspecified atom stereocenters. The van der Waals surface area contributed by atoms with Gasteiger partial charge in [0.1, 0.15) is 12.4 Å². The first-order chi connectivity index (χ1) is 10.9. The summed E-state index contributed by atoms with van der Waals surface area (Å²) in [6.45, 7) is -0.0798. The number of aromatic nitrogens is 1. The van der Waals surface area contributed by atoms with Gasteiger partial charge in [-0.3, -0.25) is 9.78 Å². The van der Waals surface area contributed by atoms with Crippen molar-refractivity contribution in [1.82, 2.24) is 4.98 Å². The second kappa shape index (κ2) is 6.23. The van der Waals surface area contributed by atoms with E-state index in [0.29, 0.717) is 22.9 Å². The van der Waals surface area contributed by atoms with E-state index in [1.807, 2.05) is 0 Å². The van der Waals surface area contributed by atoms with Gasteiger partial charge in [0.25, 0.3) is 0 Å². The van der Waals surface area contributed by atoms with Crippen LogP contribution in [0.1, 0.15) is 18.4 Å². The second-order valence-electron chi connectivity index (χ2n) is 5.77. The third-order valence-corrected chi connectivity index (χ3v) is 5.76. The van der Waals surface area contributed by atoms with Crippen molar-refractivity contribution in [1.29, 1.82) is 0 Å². The topological polar surface area (TPSA) is 73.3 Å². The van der Waals surface area contributed by atoms with E-state index >= 15 is 0 Å². The van der Waals surface area contributed by atoms with Crippen molar-refractivity contribution in [3.63, 3.8) is 0 Å². The molecule has 2 heterocycles. The fraction of sp³-hybridized carbons (Fsp3) is 0.375. The summed E-state index contributed by atoms with van der Waals surface area (Å²) < 4.78 is 41.5. The lowest BCUT2D eigenvalue weighted by atomic mass is 10.1. The zero-order valence-electron chi connectivity index (χ0n) is 12.4. The van der Waals surface area contributed by atoms with Crippen molar-refractivity contribution >= 4 is 26.7 Å². The predicted molar refractivity (Wildman–Crippen MR) is 82.9 cm³/mol. The zero-order chi connectivity index (χ0) is 16.4. The molecule has 0 aliphatic carbocycles. The number of nitrogens with zero attached hydrogens (tertiary/aromatic N) is 1. The second-order valence-corrected chi connectivity index (χ2v) is 8.00. The fourth-order valence-corrected chi connectivity index (χ4v) is 4.69. The number of ether oxygens (including phenoxy) is 1. The molecule has 1 aliphatic heterocycles. The molecule has 0 N–H and O–H groups in total. The number of hydrogen-bond acceptors (Lipinski definition) is 5. The average molecular weight is 337 g/mol. The van der Waals surface area contributed by atoms with Crippen LogP contribution in [0, 0.1) is 11.7 Å². The number of fused-ring (bicyclic) bond motifs is 1. The maximum atomic E-state index is 13.6. The van der Waals surface area contributed by atoms with Gasteiger partial charge in [0.15, 0.2) is 9.84 Å². The maximum Gasteiger partial charge on any atom is 0.306 e. The third kappa shape index (κ3) is 3.85. The largest absolute Gasteiger partial charge is 0.461 e. The summed E-state index contributed by atoms with van der Waals surface area (Å²) in [5.74, 6) is -0.913. The van der Waals surface area contributed by atoms with E-state index in [4.69, 9.17) is 4.74 Å². The summed E-state index contributed by atoms with van der Waals surface area (Å²) >= 11 is 0. The number of carbonyl (C=O) groups is 1. The van der Waals surface area contributed by atoms with Gasteiger partial charge < -0.3 is 4.74 Å². The number of benzene rings is 1. The van der Waals surface area contributed by atoms with Crippen LogP contribution in [0.2, 0.25) is 0 Å². The van der Waals surface area contributed by atoms with E-state index in [-0.39, 0.29) is 30.5 Å². The molecule has 122 valence electrons. The molecule has 1 saturated heterocycles. The molecule has 5 nitrogen and oxygen atoms in total. The first kappa shape index (κ1) is 15.9. The quantitative estimate of drug-likeness (QED) is 0.800. The van der Waals surface area contributed by atoms with Gasteiger partial charge in [-0.1, -0.05) is 6.07 Å². The van der Waals surface area contributed by atoms with Crippen molar-refractivity contribution in [2.75, 3.05) is 11.5 Å². The molecule has 0 amide bonds. The van der Waals surface area contributed by atoms with Crippen LogP contribution in [0.5, 0.6) is 0 Å². The number of halogens is 1. The molecular formula is C16H16FNO4S. The standard InChI is InChI=1S/C16H16FNO4S/c17-14-7-12-2-1-4-18-16(12)13(8-14)9-22-15(19)6-11-3-5-23(20,21)10-11/h1-2,4,7-8,11H,3,5-6,9-10H2. The van der Waals surface area contributed by atoms with Gasteiger partial charge in [-0.15, -0.1) is 0 Å². The van der Waals surface area contributed by atoms with Gasteiger partial charge in [0.2, 0.25) is 0 Å². The van der Waals surface area contributed by atoms with Gasteiger partial charge in [0.05, 0.1) is 17.0 Å². The molecule has 2 aromatic rings. The molecular weight excluding hydrogens is 321 g/mol. The van der Waals surface area contributed by atoms with Crippen LogP contribution in [-0.2, 0) is 26.0 Å². The van der Waals surface area contributed by atoms with Crippen LogP contribution in [0.25, 0.3) is 10.9 Å². The lowest BCUT2D eigenvalue weighted by Gasteiger charge is -2.10. The summed E-state index contributed by atoms with van der Waals surface area (Å²) in [6.07, 6.45) is 2.15. The van der Waals surface area contributed by atoms with Crippen LogP contribution in [0.3, 0.4) is 0 Å². The summed E-state index contributed by atoms with van der Waals surface area (Å²) in [7, 11) is -3.01. The van der Waals surface area contributed by atoms with Crippen LogP contribution in [0.4, 0.5) is 4.39 Å². The molecule has 0 saturated carbocycles. The highest BCUT2D eigenvalue weighted by molar-refractivity contribution is 7.91. The third-order valence-electron chi connectivity index (χ3n) is 3.92. The van der Waals surface area contributed by atoms with E-state index in [1.54, 1.807) is 18.3 Å². The van der Waals surface area contributed by atoms with Crippen molar-refractivity contribution in [3.05, 3.63) is 41.8 Å². The smallest absolute Gasteiger partial charge is 0.306 e. The summed E-state index contributed by atoms with van der Waals surface area (Å²) in [5.41, 5.74) is 1.08. The Morgan fingerprint density at radius 2 is 2.22 bits per heavy atom. The minimum atomic E-state index is -3.01. The van der Waals surface area contributed by atoms with E-state index in [0.717, 1.165) is 0 Å². The molecule has 0 spiro atoms. The molecule has 23 heavy (non-hydrogen) atoms. The molecule has 0 radical (unpaired) electrons. The molecule has 0 bridgehead atoms. The Kier molecular flexibility index (Phi) is 4.30. The number of pyridine rings is 1. The molecule has 1 fully saturated rings. The molecule has 3 rings (SSSR count). The monoisotopic (exact) mass is 337 g/mol. The van der Waals surface area contributed by atoms with E-state index in [9.17, 15) is 17.6 Å². The number of carbonyl (C=O) groups excluding carboxylic acids is 1. The molecule has 1 atom stereocenters. The van der Waals surface area contributed by atoms with E-state index < -0.39 is 21.6 Å². The fourth-order valence-electron chi connectivity index (χ4n) is 2.82. The molecule has 1 aliphatic rings. The van der Waals surface area contributed by atoms with Crippen LogP contribution in [-0.4, -0.2) is 30.9 Å². The summed E-state index contributed by atoms with van der Waals surface area (Å²) in [6, 6.07) is 6.11. The number of rotatable bonds is 4. The van der Waals surface area contributed by atoms with Crippen molar-refractivity contribution in [3.8, 4) is 0 Å². The highest BCUT2D eigenvalue weighted by Gasteiger charge is 2.29. The molecule has 1 aromatic heterocycles. The average Bonchev–Trinajstić information content (AvgIpc) is 2.83. The highest BCUT2D eigenvalue weighted by atomic mass is 32.2. The highest BCUT2D eigenvalue weighted by Crippen LogP contribution is 2.23. The minimum Gasteiger partial charge on any atom is -0.461 e. The van der Waals surface area contributed by atoms with Gasteiger partial charge in [0, 0.05) is 23.6 Å². The lowest BCUT2D eigenvalue weighted by Crippen LogP contribution is -2.13. The van der Waals surface area contributed by atoms with Crippen molar-refractivity contribution in [2.45, 2.75) is 19.4 Å². The Labute approximate surface area is 133 Å². The Balaban J connectivity index is 1.65. The first-order valence-corrected chi connectivity index (χ1v) is 9.14. The minimum absolute atomic E-state index is 0.0343. The normalized spacial score (nSPS) is 19.8. The zero-order valence-corrected chi connectivity index (χ0v) is 13.2. The number of esters is 1. The van der Waals surface area contributed by atoms with Crippen molar-refractivity contribution < 1.29 is 22.3 Å². The number of sulfone groups is 1. The van der Waals surface area contributed by atoms with Gasteiger partial charge >= 0.3 is 5.97 Å². The van der Waals surface area contributed by atoms with Crippen LogP contribution in [0.15, 0.2) is 30.5 Å². The Morgan fingerprint density at radius 1 is 1.39 bits per heavy atom. The number of hydrogen-bond donors (Lipinski definition) is 0. The lowest BCUT2D eigenvalue weighted by molar-refractivity contribution is -0.145. The van der Waals surface area contributed by atoms with Gasteiger partial charge in [-0.2, -0.15) is 0 Å². The van der Waals surface area contributed by atoms with E-state index in [2.05, 4.69) is 4.98 Å². The maximum absolute atomic E-state index is 13.6. The Hall–Kier alpha value is -2.02. The molecule has 1 aromatic carbocycles. The van der Waals surface area contributed by atoms with E-state index in [1.165, 1.54) is 12.1 Å².